The highest BCUT2D eigenvalue weighted by Gasteiger charge is 2.08. The molecule has 1 atom stereocenters. The number of hydrogen-bond donors (Lipinski definition) is 1. The number of benzene rings is 1. The van der Waals surface area contributed by atoms with Gasteiger partial charge in [-0.2, -0.15) is 5.10 Å². The maximum atomic E-state index is 4.23. The van der Waals surface area contributed by atoms with Crippen molar-refractivity contribution in [3.8, 4) is 0 Å². The summed E-state index contributed by atoms with van der Waals surface area (Å²) in [5.41, 5.74) is 3.45. The molecule has 68 valence electrons. The van der Waals surface area contributed by atoms with Crippen molar-refractivity contribution in [2.75, 3.05) is 0 Å². The van der Waals surface area contributed by atoms with Gasteiger partial charge in [0, 0.05) is 5.39 Å². The summed E-state index contributed by atoms with van der Waals surface area (Å²) in [6.45, 7) is 4.18. The van der Waals surface area contributed by atoms with Crippen LogP contribution in [0, 0.1) is 6.92 Å². The van der Waals surface area contributed by atoms with Gasteiger partial charge in [0.15, 0.2) is 0 Å². The van der Waals surface area contributed by atoms with Crippen LogP contribution in [0.5, 0.6) is 0 Å². The van der Waals surface area contributed by atoms with Crippen LogP contribution < -0.4 is 0 Å². The molecule has 2 rings (SSSR count). The Morgan fingerprint density at radius 2 is 2.23 bits per heavy atom. The Hall–Kier alpha value is -0.830. The summed E-state index contributed by atoms with van der Waals surface area (Å²) in [6.07, 6.45) is 0. The number of H-pyrrole nitrogens is 1. The van der Waals surface area contributed by atoms with Gasteiger partial charge in [0.1, 0.15) is 0 Å². The number of nitrogens with zero attached hydrogens (tertiary/aromatic N) is 1. The summed E-state index contributed by atoms with van der Waals surface area (Å²) in [5.74, 6) is 0. The van der Waals surface area contributed by atoms with Crippen molar-refractivity contribution in [2.24, 2.45) is 0 Å². The molecule has 0 fully saturated rings. The quantitative estimate of drug-likeness (QED) is 0.759. The molecule has 0 aliphatic rings. The number of fused-ring (bicyclic) bond motifs is 1. The first-order valence-electron chi connectivity index (χ1n) is 4.27. The maximum Gasteiger partial charge on any atom is 0.0924 e. The standard InChI is InChI=1S/C10H11BrN2/c1-6-3-4-9-8(5-6)10(7(2)11)13-12-9/h3-5,7H,1-2H3,(H,12,13). The molecule has 0 aliphatic heterocycles. The molecular weight excluding hydrogens is 228 g/mol. The van der Waals surface area contributed by atoms with Crippen LogP contribution in [0.4, 0.5) is 0 Å². The molecule has 13 heavy (non-hydrogen) atoms. The highest BCUT2D eigenvalue weighted by molar-refractivity contribution is 9.09. The Morgan fingerprint density at radius 1 is 1.46 bits per heavy atom. The van der Waals surface area contributed by atoms with Gasteiger partial charge in [-0.15, -0.1) is 0 Å². The van der Waals surface area contributed by atoms with E-state index >= 15 is 0 Å². The van der Waals surface area contributed by atoms with E-state index in [9.17, 15) is 0 Å². The third-order valence-corrected chi connectivity index (χ3v) is 2.59. The minimum absolute atomic E-state index is 0.319. The first kappa shape index (κ1) is 8.75. The summed E-state index contributed by atoms with van der Waals surface area (Å²) in [5, 5.41) is 8.48. The van der Waals surface area contributed by atoms with Crippen LogP contribution in [-0.2, 0) is 0 Å². The SMILES string of the molecule is Cc1ccc2n[nH]c(C(C)Br)c2c1. The molecule has 1 N–H and O–H groups in total. The summed E-state index contributed by atoms with van der Waals surface area (Å²) in [6, 6.07) is 6.28. The van der Waals surface area contributed by atoms with Crippen LogP contribution in [0.2, 0.25) is 0 Å². The number of alkyl halides is 1. The van der Waals surface area contributed by atoms with Gasteiger partial charge >= 0.3 is 0 Å². The number of aryl methyl sites for hydroxylation is 1. The summed E-state index contributed by atoms with van der Waals surface area (Å²) >= 11 is 3.54. The van der Waals surface area contributed by atoms with E-state index in [0.29, 0.717) is 4.83 Å². The van der Waals surface area contributed by atoms with Gasteiger partial charge in [-0.3, -0.25) is 5.10 Å². The van der Waals surface area contributed by atoms with Crippen molar-refractivity contribution in [1.29, 1.82) is 0 Å². The normalized spacial score (nSPS) is 13.5. The molecule has 3 heteroatoms. The predicted octanol–water partition coefficient (Wildman–Crippen LogP) is 3.33. The Balaban J connectivity index is 2.71. The Bertz CT molecular complexity index is 431. The molecule has 1 aromatic heterocycles. The average Bonchev–Trinajstić information content (AvgIpc) is 2.46. The predicted molar refractivity (Wildman–Crippen MR) is 58.2 cm³/mol. The van der Waals surface area contributed by atoms with Gasteiger partial charge in [0.25, 0.3) is 0 Å². The van der Waals surface area contributed by atoms with Crippen molar-refractivity contribution >= 4 is 26.8 Å². The van der Waals surface area contributed by atoms with E-state index in [0.717, 1.165) is 11.2 Å². The number of halogens is 1. The topological polar surface area (TPSA) is 28.7 Å². The van der Waals surface area contributed by atoms with Gasteiger partial charge in [0.2, 0.25) is 0 Å². The second-order valence-corrected chi connectivity index (χ2v) is 4.65. The third-order valence-electron chi connectivity index (χ3n) is 2.14. The zero-order valence-electron chi connectivity index (χ0n) is 7.63. The Kier molecular flexibility index (Phi) is 2.12. The van der Waals surface area contributed by atoms with Crippen LogP contribution in [0.15, 0.2) is 18.2 Å². The molecule has 0 amide bonds. The highest BCUT2D eigenvalue weighted by Crippen LogP contribution is 2.27. The van der Waals surface area contributed by atoms with Gasteiger partial charge in [-0.05, 0) is 26.0 Å². The zero-order chi connectivity index (χ0) is 9.42. The van der Waals surface area contributed by atoms with Crippen molar-refractivity contribution < 1.29 is 0 Å². The maximum absolute atomic E-state index is 4.23. The first-order chi connectivity index (χ1) is 6.18. The molecule has 2 nitrogen and oxygen atoms in total. The van der Waals surface area contributed by atoms with Crippen molar-refractivity contribution in [3.63, 3.8) is 0 Å². The molecule has 0 saturated heterocycles. The summed E-state index contributed by atoms with van der Waals surface area (Å²) < 4.78 is 0. The van der Waals surface area contributed by atoms with Crippen LogP contribution in [0.25, 0.3) is 10.9 Å². The fourth-order valence-corrected chi connectivity index (χ4v) is 1.80. The lowest BCUT2D eigenvalue weighted by molar-refractivity contribution is 0.981. The molecule has 1 heterocycles. The molecule has 1 unspecified atom stereocenters. The Morgan fingerprint density at radius 3 is 2.92 bits per heavy atom. The zero-order valence-corrected chi connectivity index (χ0v) is 9.22. The van der Waals surface area contributed by atoms with Crippen LogP contribution in [0.3, 0.4) is 0 Å². The fraction of sp³-hybridized carbons (Fsp3) is 0.300. The minimum atomic E-state index is 0.319. The fourth-order valence-electron chi connectivity index (χ4n) is 1.45. The van der Waals surface area contributed by atoms with Crippen molar-refractivity contribution in [3.05, 3.63) is 29.5 Å². The molecule has 0 radical (unpaired) electrons. The largest absolute Gasteiger partial charge is 0.280 e. The molecule has 0 bridgehead atoms. The molecule has 0 saturated carbocycles. The number of aromatic nitrogens is 2. The van der Waals surface area contributed by atoms with Crippen molar-refractivity contribution in [2.45, 2.75) is 18.7 Å². The third kappa shape index (κ3) is 1.48. The van der Waals surface area contributed by atoms with E-state index in [4.69, 9.17) is 0 Å². The Labute approximate surface area is 85.5 Å². The summed E-state index contributed by atoms with van der Waals surface area (Å²) in [4.78, 5) is 0.319. The van der Waals surface area contributed by atoms with E-state index in [-0.39, 0.29) is 0 Å². The smallest absolute Gasteiger partial charge is 0.0924 e. The minimum Gasteiger partial charge on any atom is -0.280 e. The van der Waals surface area contributed by atoms with Gasteiger partial charge in [0.05, 0.1) is 16.0 Å². The lowest BCUT2D eigenvalue weighted by atomic mass is 10.1. The second kappa shape index (κ2) is 3.14. The lowest BCUT2D eigenvalue weighted by Gasteiger charge is -1.99. The van der Waals surface area contributed by atoms with Gasteiger partial charge in [-0.1, -0.05) is 27.6 Å². The van der Waals surface area contributed by atoms with Gasteiger partial charge < -0.3 is 0 Å². The molecule has 0 spiro atoms. The van der Waals surface area contributed by atoms with Crippen LogP contribution in [-0.4, -0.2) is 10.2 Å². The molecule has 1 aromatic carbocycles. The van der Waals surface area contributed by atoms with E-state index in [1.54, 1.807) is 0 Å². The van der Waals surface area contributed by atoms with E-state index in [1.165, 1.54) is 10.9 Å². The summed E-state index contributed by atoms with van der Waals surface area (Å²) in [7, 11) is 0. The first-order valence-corrected chi connectivity index (χ1v) is 5.19. The molecule has 0 aliphatic carbocycles. The number of aromatic amines is 1. The van der Waals surface area contributed by atoms with Crippen LogP contribution >= 0.6 is 15.9 Å². The number of nitrogens with one attached hydrogen (secondary N) is 1. The molecule has 2 aromatic rings. The van der Waals surface area contributed by atoms with Crippen LogP contribution in [0.1, 0.15) is 23.0 Å². The van der Waals surface area contributed by atoms with E-state index in [1.807, 2.05) is 6.07 Å². The second-order valence-electron chi connectivity index (χ2n) is 3.27. The number of rotatable bonds is 1. The van der Waals surface area contributed by atoms with E-state index in [2.05, 4.69) is 52.1 Å². The number of hydrogen-bond acceptors (Lipinski definition) is 1. The van der Waals surface area contributed by atoms with Gasteiger partial charge in [-0.25, -0.2) is 0 Å². The monoisotopic (exact) mass is 238 g/mol. The lowest BCUT2D eigenvalue weighted by Crippen LogP contribution is -1.84. The molecular formula is C10H11BrN2. The highest BCUT2D eigenvalue weighted by atomic mass is 79.9. The van der Waals surface area contributed by atoms with E-state index < -0.39 is 0 Å². The van der Waals surface area contributed by atoms with Crippen molar-refractivity contribution in [1.82, 2.24) is 10.2 Å². The average molecular weight is 239 g/mol.